The van der Waals surface area contributed by atoms with Crippen LogP contribution in [0, 0.1) is 10.1 Å². The summed E-state index contributed by atoms with van der Waals surface area (Å²) in [6.45, 7) is 1.87. The number of nitrogens with zero attached hydrogens (tertiary/aromatic N) is 1. The molecule has 0 saturated carbocycles. The molecule has 0 aromatic heterocycles. The van der Waals surface area contributed by atoms with Crippen molar-refractivity contribution in [2.24, 2.45) is 5.73 Å². The van der Waals surface area contributed by atoms with E-state index < -0.39 is 4.92 Å². The molecule has 0 saturated heterocycles. The van der Waals surface area contributed by atoms with Gasteiger partial charge in [-0.25, -0.2) is 0 Å². The molecule has 98 valence electrons. The maximum absolute atomic E-state index is 10.9. The van der Waals surface area contributed by atoms with Crippen molar-refractivity contribution >= 4 is 5.69 Å². The molecule has 0 fully saturated rings. The lowest BCUT2D eigenvalue weighted by Gasteiger charge is -2.09. The van der Waals surface area contributed by atoms with E-state index >= 15 is 0 Å². The standard InChI is InChI=1S/C14H14N2O3/c1-10(15)11-5-4-6-12(9-11)19-14-8-3-2-7-13(14)16(17)18/h2-10H,15H2,1H3. The van der Waals surface area contributed by atoms with E-state index in [1.165, 1.54) is 6.07 Å². The lowest BCUT2D eigenvalue weighted by Crippen LogP contribution is -2.04. The molecule has 0 aliphatic rings. The molecule has 5 nitrogen and oxygen atoms in total. The van der Waals surface area contributed by atoms with Crippen LogP contribution in [-0.2, 0) is 0 Å². The van der Waals surface area contributed by atoms with Gasteiger partial charge >= 0.3 is 5.69 Å². The highest BCUT2D eigenvalue weighted by atomic mass is 16.6. The van der Waals surface area contributed by atoms with E-state index in [1.54, 1.807) is 30.3 Å². The van der Waals surface area contributed by atoms with Crippen molar-refractivity contribution in [3.8, 4) is 11.5 Å². The summed E-state index contributed by atoms with van der Waals surface area (Å²) in [5, 5.41) is 10.9. The van der Waals surface area contributed by atoms with Crippen molar-refractivity contribution in [2.45, 2.75) is 13.0 Å². The summed E-state index contributed by atoms with van der Waals surface area (Å²) < 4.78 is 5.56. The Morgan fingerprint density at radius 1 is 1.21 bits per heavy atom. The third-order valence-electron chi connectivity index (χ3n) is 2.67. The number of hydrogen-bond acceptors (Lipinski definition) is 4. The van der Waals surface area contributed by atoms with E-state index in [2.05, 4.69) is 0 Å². The molecule has 2 N–H and O–H groups in total. The van der Waals surface area contributed by atoms with Gasteiger partial charge in [0.25, 0.3) is 0 Å². The number of nitro benzene ring substituents is 1. The van der Waals surface area contributed by atoms with Crippen molar-refractivity contribution in [3.63, 3.8) is 0 Å². The summed E-state index contributed by atoms with van der Waals surface area (Å²) in [7, 11) is 0. The topological polar surface area (TPSA) is 78.4 Å². The lowest BCUT2D eigenvalue weighted by atomic mass is 10.1. The van der Waals surface area contributed by atoms with Gasteiger partial charge in [-0.1, -0.05) is 24.3 Å². The molecule has 0 radical (unpaired) electrons. The first-order valence-electron chi connectivity index (χ1n) is 5.85. The minimum absolute atomic E-state index is 0.0614. The zero-order valence-corrected chi connectivity index (χ0v) is 10.4. The highest BCUT2D eigenvalue weighted by molar-refractivity contribution is 5.48. The van der Waals surface area contributed by atoms with E-state index in [0.717, 1.165) is 5.56 Å². The van der Waals surface area contributed by atoms with Gasteiger partial charge < -0.3 is 10.5 Å². The minimum Gasteiger partial charge on any atom is -0.450 e. The maximum atomic E-state index is 10.9. The van der Waals surface area contributed by atoms with Crippen molar-refractivity contribution in [1.29, 1.82) is 0 Å². The number of nitro groups is 1. The van der Waals surface area contributed by atoms with Gasteiger partial charge in [0.2, 0.25) is 5.75 Å². The Bertz CT molecular complexity index is 597. The fraction of sp³-hybridized carbons (Fsp3) is 0.143. The summed E-state index contributed by atoms with van der Waals surface area (Å²) in [4.78, 5) is 10.4. The average Bonchev–Trinajstić information content (AvgIpc) is 2.39. The van der Waals surface area contributed by atoms with Gasteiger partial charge in [-0.2, -0.15) is 0 Å². The third-order valence-corrected chi connectivity index (χ3v) is 2.67. The molecule has 0 spiro atoms. The predicted octanol–water partition coefficient (Wildman–Crippen LogP) is 3.41. The molecule has 0 amide bonds. The zero-order chi connectivity index (χ0) is 13.8. The molecule has 19 heavy (non-hydrogen) atoms. The largest absolute Gasteiger partial charge is 0.450 e. The first-order chi connectivity index (χ1) is 9.08. The van der Waals surface area contributed by atoms with Crippen molar-refractivity contribution in [1.82, 2.24) is 0 Å². The van der Waals surface area contributed by atoms with Gasteiger partial charge in [0, 0.05) is 12.1 Å². The van der Waals surface area contributed by atoms with Gasteiger partial charge in [0.05, 0.1) is 4.92 Å². The number of para-hydroxylation sites is 2. The minimum atomic E-state index is -0.468. The van der Waals surface area contributed by atoms with Crippen LogP contribution >= 0.6 is 0 Å². The van der Waals surface area contributed by atoms with Gasteiger partial charge in [-0.05, 0) is 30.7 Å². The van der Waals surface area contributed by atoms with Crippen LogP contribution in [0.2, 0.25) is 0 Å². The molecular weight excluding hydrogens is 244 g/mol. The van der Waals surface area contributed by atoms with Gasteiger partial charge in [-0.15, -0.1) is 0 Å². The van der Waals surface area contributed by atoms with E-state index in [-0.39, 0.29) is 17.5 Å². The first-order valence-corrected chi connectivity index (χ1v) is 5.85. The quantitative estimate of drug-likeness (QED) is 0.673. The van der Waals surface area contributed by atoms with Crippen molar-refractivity contribution in [3.05, 3.63) is 64.2 Å². The van der Waals surface area contributed by atoms with Crippen LogP contribution in [-0.4, -0.2) is 4.92 Å². The fourth-order valence-electron chi connectivity index (χ4n) is 1.68. The van der Waals surface area contributed by atoms with E-state index in [1.807, 2.05) is 19.1 Å². The maximum Gasteiger partial charge on any atom is 0.311 e. The van der Waals surface area contributed by atoms with Gasteiger partial charge in [0.15, 0.2) is 0 Å². The predicted molar refractivity (Wildman–Crippen MR) is 72.2 cm³/mol. The van der Waals surface area contributed by atoms with Crippen molar-refractivity contribution < 1.29 is 9.66 Å². The van der Waals surface area contributed by atoms with Crippen molar-refractivity contribution in [2.75, 3.05) is 0 Å². The Morgan fingerprint density at radius 3 is 2.63 bits per heavy atom. The average molecular weight is 258 g/mol. The van der Waals surface area contributed by atoms with Crippen LogP contribution in [0.5, 0.6) is 11.5 Å². The Labute approximate surface area is 110 Å². The van der Waals surface area contributed by atoms with Crippen LogP contribution in [0.1, 0.15) is 18.5 Å². The summed E-state index contributed by atoms with van der Waals surface area (Å²) in [5.41, 5.74) is 6.64. The highest BCUT2D eigenvalue weighted by Gasteiger charge is 2.14. The smallest absolute Gasteiger partial charge is 0.311 e. The zero-order valence-electron chi connectivity index (χ0n) is 10.4. The molecule has 0 aliphatic carbocycles. The summed E-state index contributed by atoms with van der Waals surface area (Å²) >= 11 is 0. The first kappa shape index (κ1) is 13.0. The molecule has 2 aromatic carbocycles. The van der Waals surface area contributed by atoms with Crippen LogP contribution < -0.4 is 10.5 Å². The second-order valence-corrected chi connectivity index (χ2v) is 4.19. The molecule has 1 unspecified atom stereocenters. The van der Waals surface area contributed by atoms with E-state index in [4.69, 9.17) is 10.5 Å². The molecule has 1 atom stereocenters. The number of hydrogen-bond donors (Lipinski definition) is 1. The van der Waals surface area contributed by atoms with E-state index in [0.29, 0.717) is 5.75 Å². The van der Waals surface area contributed by atoms with Gasteiger partial charge in [-0.3, -0.25) is 10.1 Å². The summed E-state index contributed by atoms with van der Waals surface area (Å²) in [6.07, 6.45) is 0. The normalized spacial score (nSPS) is 11.9. The molecule has 0 bridgehead atoms. The molecule has 0 aliphatic heterocycles. The molecule has 5 heteroatoms. The summed E-state index contributed by atoms with van der Waals surface area (Å²) in [6, 6.07) is 13.4. The van der Waals surface area contributed by atoms with Gasteiger partial charge in [0.1, 0.15) is 5.75 Å². The summed E-state index contributed by atoms with van der Waals surface area (Å²) in [5.74, 6) is 0.749. The molecule has 2 aromatic rings. The fourth-order valence-corrected chi connectivity index (χ4v) is 1.68. The number of ether oxygens (including phenoxy) is 1. The third kappa shape index (κ3) is 3.08. The van der Waals surface area contributed by atoms with E-state index in [9.17, 15) is 10.1 Å². The SMILES string of the molecule is CC(N)c1cccc(Oc2ccccc2[N+](=O)[O-])c1. The second kappa shape index (κ2) is 5.49. The van der Waals surface area contributed by atoms with Crippen LogP contribution in [0.15, 0.2) is 48.5 Å². The lowest BCUT2D eigenvalue weighted by molar-refractivity contribution is -0.385. The molecule has 2 rings (SSSR count). The Balaban J connectivity index is 2.31. The Hall–Kier alpha value is -2.40. The molecule has 0 heterocycles. The Kier molecular flexibility index (Phi) is 3.77. The monoisotopic (exact) mass is 258 g/mol. The molecular formula is C14H14N2O3. The second-order valence-electron chi connectivity index (χ2n) is 4.19. The number of benzene rings is 2. The van der Waals surface area contributed by atoms with Crippen LogP contribution in [0.25, 0.3) is 0 Å². The number of rotatable bonds is 4. The van der Waals surface area contributed by atoms with Crippen LogP contribution in [0.4, 0.5) is 5.69 Å². The Morgan fingerprint density at radius 2 is 1.95 bits per heavy atom. The number of nitrogens with two attached hydrogens (primary N) is 1. The van der Waals surface area contributed by atoms with Crippen LogP contribution in [0.3, 0.4) is 0 Å². The highest BCUT2D eigenvalue weighted by Crippen LogP contribution is 2.31.